The van der Waals surface area contributed by atoms with Gasteiger partial charge in [0.2, 0.25) is 5.91 Å². The molecule has 2 fully saturated rings. The molecule has 126 valence electrons. The Labute approximate surface area is 140 Å². The second-order valence-corrected chi connectivity index (χ2v) is 6.59. The quantitative estimate of drug-likeness (QED) is 0.879. The van der Waals surface area contributed by atoms with Crippen molar-refractivity contribution in [3.05, 3.63) is 36.4 Å². The van der Waals surface area contributed by atoms with E-state index in [1.807, 2.05) is 4.90 Å². The number of rotatable bonds is 3. The van der Waals surface area contributed by atoms with Gasteiger partial charge in [0.05, 0.1) is 5.69 Å². The number of nitrogens with zero attached hydrogens (tertiary/aromatic N) is 3. The Hall–Kier alpha value is -2.21. The fourth-order valence-electron chi connectivity index (χ4n) is 3.96. The monoisotopic (exact) mass is 326 g/mol. The minimum atomic E-state index is 0.00141. The second kappa shape index (κ2) is 6.36. The van der Waals surface area contributed by atoms with Crippen LogP contribution in [-0.4, -0.2) is 52.1 Å². The third kappa shape index (κ3) is 2.60. The molecule has 2 aliphatic rings. The molecule has 0 saturated carbocycles. The molecule has 1 unspecified atom stereocenters. The molecule has 2 aliphatic heterocycles. The van der Waals surface area contributed by atoms with Crippen LogP contribution >= 0.6 is 0 Å². The van der Waals surface area contributed by atoms with Gasteiger partial charge in [-0.15, -0.1) is 0 Å². The van der Waals surface area contributed by atoms with E-state index in [0.717, 1.165) is 55.7 Å². The molecule has 0 bridgehead atoms. The van der Waals surface area contributed by atoms with Crippen molar-refractivity contribution in [1.29, 1.82) is 0 Å². The summed E-state index contributed by atoms with van der Waals surface area (Å²) in [5.74, 6) is 0.750. The predicted molar refractivity (Wildman–Crippen MR) is 90.8 cm³/mol. The summed E-state index contributed by atoms with van der Waals surface area (Å²) in [5.41, 5.74) is 3.27. The fraction of sp³-hybridized carbons (Fsp3) is 0.500. The van der Waals surface area contributed by atoms with Crippen LogP contribution in [0.4, 0.5) is 0 Å². The van der Waals surface area contributed by atoms with Crippen LogP contribution in [0.25, 0.3) is 11.0 Å². The normalized spacial score (nSPS) is 22.2. The van der Waals surface area contributed by atoms with Gasteiger partial charge in [0.1, 0.15) is 12.0 Å². The third-order valence-corrected chi connectivity index (χ3v) is 5.25. The first kappa shape index (κ1) is 15.3. The average Bonchev–Trinajstić information content (AvgIpc) is 3.29. The van der Waals surface area contributed by atoms with Gasteiger partial charge in [0.25, 0.3) is 0 Å². The molecule has 1 N–H and O–H groups in total. The van der Waals surface area contributed by atoms with Gasteiger partial charge in [0, 0.05) is 43.8 Å². The predicted octanol–water partition coefficient (Wildman–Crippen LogP) is 2.35. The minimum absolute atomic E-state index is 0.00141. The maximum Gasteiger partial charge on any atom is 0.245 e. The highest BCUT2D eigenvalue weighted by Gasteiger charge is 2.30. The van der Waals surface area contributed by atoms with Crippen molar-refractivity contribution in [2.45, 2.75) is 31.1 Å². The fourth-order valence-corrected chi connectivity index (χ4v) is 3.96. The SMILES string of the molecule is C=CC(=O)N1CCC(c2ncnc3[nH]cc(C4CCOCC4)c23)C1. The van der Waals surface area contributed by atoms with Gasteiger partial charge in [-0.1, -0.05) is 6.58 Å². The first-order valence-electron chi connectivity index (χ1n) is 8.59. The third-order valence-electron chi connectivity index (χ3n) is 5.25. The number of fused-ring (bicyclic) bond motifs is 1. The van der Waals surface area contributed by atoms with Crippen molar-refractivity contribution in [3.8, 4) is 0 Å². The topological polar surface area (TPSA) is 71.1 Å². The number of carbonyl (C=O) groups is 1. The van der Waals surface area contributed by atoms with E-state index < -0.39 is 0 Å². The zero-order valence-electron chi connectivity index (χ0n) is 13.7. The van der Waals surface area contributed by atoms with E-state index in [4.69, 9.17) is 4.74 Å². The Morgan fingerprint density at radius 2 is 2.12 bits per heavy atom. The zero-order chi connectivity index (χ0) is 16.5. The highest BCUT2D eigenvalue weighted by Crippen LogP contribution is 2.37. The zero-order valence-corrected chi connectivity index (χ0v) is 13.7. The Balaban J connectivity index is 1.69. The molecular formula is C18H22N4O2. The van der Waals surface area contributed by atoms with E-state index in [1.54, 1.807) is 6.33 Å². The Morgan fingerprint density at radius 1 is 1.29 bits per heavy atom. The summed E-state index contributed by atoms with van der Waals surface area (Å²) in [6, 6.07) is 0. The number of carbonyl (C=O) groups excluding carboxylic acids is 1. The minimum Gasteiger partial charge on any atom is -0.381 e. The molecule has 2 aromatic heterocycles. The van der Waals surface area contributed by atoms with Crippen LogP contribution in [0.5, 0.6) is 0 Å². The van der Waals surface area contributed by atoms with Crippen LogP contribution in [0, 0.1) is 0 Å². The van der Waals surface area contributed by atoms with Crippen molar-refractivity contribution >= 4 is 16.9 Å². The maximum absolute atomic E-state index is 11.9. The highest BCUT2D eigenvalue weighted by atomic mass is 16.5. The van der Waals surface area contributed by atoms with Gasteiger partial charge in [-0.05, 0) is 36.8 Å². The largest absolute Gasteiger partial charge is 0.381 e. The van der Waals surface area contributed by atoms with Crippen molar-refractivity contribution < 1.29 is 9.53 Å². The molecule has 6 nitrogen and oxygen atoms in total. The van der Waals surface area contributed by atoms with Crippen LogP contribution in [0.1, 0.15) is 42.4 Å². The van der Waals surface area contributed by atoms with Gasteiger partial charge < -0.3 is 14.6 Å². The molecule has 6 heteroatoms. The molecule has 2 saturated heterocycles. The summed E-state index contributed by atoms with van der Waals surface area (Å²) < 4.78 is 5.50. The molecule has 0 radical (unpaired) electrons. The first-order valence-corrected chi connectivity index (χ1v) is 8.59. The summed E-state index contributed by atoms with van der Waals surface area (Å²) in [6.07, 6.45) is 8.10. The van der Waals surface area contributed by atoms with Crippen LogP contribution in [0.2, 0.25) is 0 Å². The lowest BCUT2D eigenvalue weighted by Gasteiger charge is -2.22. The number of aromatic nitrogens is 3. The Morgan fingerprint density at radius 3 is 2.92 bits per heavy atom. The lowest BCUT2D eigenvalue weighted by molar-refractivity contribution is -0.125. The van der Waals surface area contributed by atoms with Crippen molar-refractivity contribution in [2.24, 2.45) is 0 Å². The number of amides is 1. The molecule has 1 atom stereocenters. The molecule has 0 aliphatic carbocycles. The summed E-state index contributed by atoms with van der Waals surface area (Å²) in [7, 11) is 0. The van der Waals surface area contributed by atoms with Crippen LogP contribution in [-0.2, 0) is 9.53 Å². The Kier molecular flexibility index (Phi) is 4.06. The standard InChI is InChI=1S/C18H22N4O2/c1-2-15(23)22-6-3-13(10-22)17-16-14(12-4-7-24-8-5-12)9-19-18(16)21-11-20-17/h2,9,11-13H,1,3-8,10H2,(H,19,20,21). The molecule has 24 heavy (non-hydrogen) atoms. The molecule has 4 heterocycles. The molecule has 4 rings (SSSR count). The van der Waals surface area contributed by atoms with Gasteiger partial charge in [-0.25, -0.2) is 9.97 Å². The van der Waals surface area contributed by atoms with E-state index in [1.165, 1.54) is 11.6 Å². The van der Waals surface area contributed by atoms with Crippen LogP contribution in [0.3, 0.4) is 0 Å². The smallest absolute Gasteiger partial charge is 0.245 e. The average molecular weight is 326 g/mol. The maximum atomic E-state index is 11.9. The number of hydrogen-bond donors (Lipinski definition) is 1. The number of ether oxygens (including phenoxy) is 1. The summed E-state index contributed by atoms with van der Waals surface area (Å²) in [5, 5.41) is 1.15. The van der Waals surface area contributed by atoms with Crippen molar-refractivity contribution in [2.75, 3.05) is 26.3 Å². The molecule has 2 aromatic rings. The summed E-state index contributed by atoms with van der Waals surface area (Å²) >= 11 is 0. The number of aromatic amines is 1. The lowest BCUT2D eigenvalue weighted by atomic mass is 9.89. The van der Waals surface area contributed by atoms with Crippen molar-refractivity contribution in [3.63, 3.8) is 0 Å². The van der Waals surface area contributed by atoms with E-state index in [0.29, 0.717) is 12.5 Å². The van der Waals surface area contributed by atoms with Crippen molar-refractivity contribution in [1.82, 2.24) is 19.9 Å². The molecule has 1 amide bonds. The molecular weight excluding hydrogens is 304 g/mol. The first-order chi connectivity index (χ1) is 11.8. The molecule has 0 spiro atoms. The van der Waals surface area contributed by atoms with Gasteiger partial charge in [-0.2, -0.15) is 0 Å². The Bertz CT molecular complexity index is 763. The van der Waals surface area contributed by atoms with Gasteiger partial charge in [-0.3, -0.25) is 4.79 Å². The summed E-state index contributed by atoms with van der Waals surface area (Å²) in [6.45, 7) is 6.67. The van der Waals surface area contributed by atoms with Crippen LogP contribution < -0.4 is 0 Å². The van der Waals surface area contributed by atoms with E-state index in [2.05, 4.69) is 27.7 Å². The number of nitrogens with one attached hydrogen (secondary N) is 1. The second-order valence-electron chi connectivity index (χ2n) is 6.59. The highest BCUT2D eigenvalue weighted by molar-refractivity contribution is 5.87. The molecule has 0 aromatic carbocycles. The lowest BCUT2D eigenvalue weighted by Crippen LogP contribution is -2.26. The van der Waals surface area contributed by atoms with Gasteiger partial charge in [0.15, 0.2) is 0 Å². The number of likely N-dealkylation sites (tertiary alicyclic amines) is 1. The van der Waals surface area contributed by atoms with E-state index in [-0.39, 0.29) is 11.8 Å². The van der Waals surface area contributed by atoms with Crippen LogP contribution in [0.15, 0.2) is 25.2 Å². The summed E-state index contributed by atoms with van der Waals surface area (Å²) in [4.78, 5) is 26.0. The number of H-pyrrole nitrogens is 1. The van der Waals surface area contributed by atoms with E-state index in [9.17, 15) is 4.79 Å². The van der Waals surface area contributed by atoms with E-state index >= 15 is 0 Å². The number of hydrogen-bond acceptors (Lipinski definition) is 4. The van der Waals surface area contributed by atoms with Gasteiger partial charge >= 0.3 is 0 Å².